The second kappa shape index (κ2) is 5.65. The van der Waals surface area contributed by atoms with Crippen molar-refractivity contribution in [1.82, 2.24) is 9.78 Å². The molecule has 0 atom stereocenters. The van der Waals surface area contributed by atoms with E-state index >= 15 is 0 Å². The van der Waals surface area contributed by atoms with Crippen LogP contribution in [0.1, 0.15) is 24.6 Å². The number of nitrogen functional groups attached to an aromatic ring is 1. The molecule has 102 valence electrons. The van der Waals surface area contributed by atoms with E-state index < -0.39 is 0 Å². The molecule has 0 aliphatic rings. The zero-order valence-electron chi connectivity index (χ0n) is 11.4. The predicted molar refractivity (Wildman–Crippen MR) is 80.6 cm³/mol. The van der Waals surface area contributed by atoms with Gasteiger partial charge in [0.15, 0.2) is 0 Å². The van der Waals surface area contributed by atoms with Crippen LogP contribution in [0.2, 0.25) is 0 Å². The highest BCUT2D eigenvalue weighted by Crippen LogP contribution is 2.34. The van der Waals surface area contributed by atoms with Gasteiger partial charge in [0.2, 0.25) is 5.88 Å². The molecule has 0 aliphatic carbocycles. The van der Waals surface area contributed by atoms with Crippen LogP contribution in [-0.2, 0) is 13.5 Å². The number of hydrogen-bond acceptors (Lipinski definition) is 3. The highest BCUT2D eigenvalue weighted by Gasteiger charge is 2.15. The summed E-state index contributed by atoms with van der Waals surface area (Å²) in [5, 5.41) is 4.39. The van der Waals surface area contributed by atoms with Gasteiger partial charge in [0, 0.05) is 7.05 Å². The van der Waals surface area contributed by atoms with Crippen molar-refractivity contribution in [3.8, 4) is 11.6 Å². The predicted octanol–water partition coefficient (Wildman–Crippen LogP) is 3.82. The van der Waals surface area contributed by atoms with Crippen molar-refractivity contribution in [2.24, 2.45) is 7.05 Å². The number of nitrogens with two attached hydrogens (primary N) is 1. The van der Waals surface area contributed by atoms with Crippen molar-refractivity contribution in [2.45, 2.75) is 26.7 Å². The number of halogens is 1. The van der Waals surface area contributed by atoms with Crippen LogP contribution < -0.4 is 10.5 Å². The zero-order chi connectivity index (χ0) is 14.0. The number of ether oxygens (including phenoxy) is 1. The van der Waals surface area contributed by atoms with Gasteiger partial charge in [-0.2, -0.15) is 5.10 Å². The van der Waals surface area contributed by atoms with E-state index in [1.165, 1.54) is 5.56 Å². The van der Waals surface area contributed by atoms with Crippen LogP contribution in [0.25, 0.3) is 0 Å². The molecule has 1 aromatic carbocycles. The molecule has 0 saturated carbocycles. The van der Waals surface area contributed by atoms with Gasteiger partial charge in [0.1, 0.15) is 11.4 Å². The van der Waals surface area contributed by atoms with Crippen molar-refractivity contribution < 1.29 is 4.74 Å². The number of aromatic nitrogens is 2. The lowest BCUT2D eigenvalue weighted by atomic mass is 10.2. The Hall–Kier alpha value is -1.49. The summed E-state index contributed by atoms with van der Waals surface area (Å²) in [5.41, 5.74) is 8.78. The highest BCUT2D eigenvalue weighted by molar-refractivity contribution is 9.10. The Morgan fingerprint density at radius 1 is 1.42 bits per heavy atom. The van der Waals surface area contributed by atoms with E-state index in [4.69, 9.17) is 10.5 Å². The van der Waals surface area contributed by atoms with Crippen LogP contribution in [-0.4, -0.2) is 9.78 Å². The maximum Gasteiger partial charge on any atom is 0.241 e. The van der Waals surface area contributed by atoms with Crippen LogP contribution in [0.4, 0.5) is 5.69 Å². The average molecular weight is 324 g/mol. The molecular formula is C14H18BrN3O. The summed E-state index contributed by atoms with van der Waals surface area (Å²) >= 11 is 3.50. The molecule has 19 heavy (non-hydrogen) atoms. The summed E-state index contributed by atoms with van der Waals surface area (Å²) in [4.78, 5) is 0. The molecule has 1 heterocycles. The third kappa shape index (κ3) is 2.92. The molecule has 0 aliphatic heterocycles. The van der Waals surface area contributed by atoms with E-state index in [1.54, 1.807) is 4.68 Å². The van der Waals surface area contributed by atoms with Crippen molar-refractivity contribution in [2.75, 3.05) is 5.73 Å². The monoisotopic (exact) mass is 323 g/mol. The van der Waals surface area contributed by atoms with Crippen molar-refractivity contribution in [1.29, 1.82) is 0 Å². The molecule has 0 unspecified atom stereocenters. The minimum atomic E-state index is 0.591. The lowest BCUT2D eigenvalue weighted by Gasteiger charge is -2.09. The molecular weight excluding hydrogens is 306 g/mol. The normalized spacial score (nSPS) is 10.7. The lowest BCUT2D eigenvalue weighted by molar-refractivity contribution is 0.430. The van der Waals surface area contributed by atoms with E-state index in [0.29, 0.717) is 11.6 Å². The molecule has 2 rings (SSSR count). The quantitative estimate of drug-likeness (QED) is 0.930. The summed E-state index contributed by atoms with van der Waals surface area (Å²) in [7, 11) is 1.84. The van der Waals surface area contributed by atoms with Gasteiger partial charge in [-0.3, -0.25) is 0 Å². The molecule has 5 heteroatoms. The average Bonchev–Trinajstić information content (AvgIpc) is 2.60. The molecule has 2 N–H and O–H groups in total. The van der Waals surface area contributed by atoms with Gasteiger partial charge in [-0.1, -0.05) is 19.4 Å². The van der Waals surface area contributed by atoms with E-state index in [2.05, 4.69) is 28.0 Å². The van der Waals surface area contributed by atoms with E-state index in [9.17, 15) is 0 Å². The van der Waals surface area contributed by atoms with Crippen LogP contribution in [0, 0.1) is 6.92 Å². The second-order valence-corrected chi connectivity index (χ2v) is 5.43. The van der Waals surface area contributed by atoms with Crippen LogP contribution in [0.15, 0.2) is 22.7 Å². The summed E-state index contributed by atoms with van der Waals surface area (Å²) in [6, 6.07) is 5.93. The first-order valence-corrected chi connectivity index (χ1v) is 7.07. The lowest BCUT2D eigenvalue weighted by Crippen LogP contribution is -1.97. The third-order valence-corrected chi connectivity index (χ3v) is 3.51. The third-order valence-electron chi connectivity index (χ3n) is 2.89. The Balaban J connectivity index is 2.33. The molecule has 0 fully saturated rings. The van der Waals surface area contributed by atoms with Crippen molar-refractivity contribution in [3.05, 3.63) is 33.9 Å². The van der Waals surface area contributed by atoms with Gasteiger partial charge in [-0.25, -0.2) is 4.68 Å². The summed E-state index contributed by atoms with van der Waals surface area (Å²) in [6.07, 6.45) is 1.87. The van der Waals surface area contributed by atoms with E-state index in [0.717, 1.165) is 28.8 Å². The summed E-state index contributed by atoms with van der Waals surface area (Å²) in [5.74, 6) is 1.33. The Bertz CT molecular complexity index is 593. The van der Waals surface area contributed by atoms with Crippen LogP contribution in [0.3, 0.4) is 0 Å². The van der Waals surface area contributed by atoms with Gasteiger partial charge < -0.3 is 10.5 Å². The molecule has 0 bridgehead atoms. The zero-order valence-corrected chi connectivity index (χ0v) is 13.0. The number of rotatable bonds is 4. The number of benzene rings is 1. The van der Waals surface area contributed by atoms with Gasteiger partial charge in [0.05, 0.1) is 10.2 Å². The molecule has 1 aromatic heterocycles. The van der Waals surface area contributed by atoms with E-state index in [-0.39, 0.29) is 0 Å². The van der Waals surface area contributed by atoms with Gasteiger partial charge in [-0.05, 0) is 47.0 Å². The van der Waals surface area contributed by atoms with Gasteiger partial charge >= 0.3 is 0 Å². The first kappa shape index (κ1) is 13.9. The summed E-state index contributed by atoms with van der Waals surface area (Å²) in [6.45, 7) is 4.14. The largest absolute Gasteiger partial charge is 0.436 e. The molecule has 0 saturated heterocycles. The minimum absolute atomic E-state index is 0.591. The van der Waals surface area contributed by atoms with Gasteiger partial charge in [-0.15, -0.1) is 0 Å². The molecule has 2 aromatic rings. The summed E-state index contributed by atoms with van der Waals surface area (Å²) < 4.78 is 8.48. The Morgan fingerprint density at radius 2 is 2.16 bits per heavy atom. The Kier molecular flexibility index (Phi) is 4.14. The van der Waals surface area contributed by atoms with E-state index in [1.807, 2.05) is 32.2 Å². The first-order chi connectivity index (χ1) is 9.02. The van der Waals surface area contributed by atoms with Gasteiger partial charge in [0.25, 0.3) is 0 Å². The smallest absolute Gasteiger partial charge is 0.241 e. The van der Waals surface area contributed by atoms with Crippen molar-refractivity contribution >= 4 is 21.6 Å². The Morgan fingerprint density at radius 3 is 2.79 bits per heavy atom. The molecule has 0 radical (unpaired) electrons. The Labute approximate surface area is 121 Å². The molecule has 0 amide bonds. The number of aryl methyl sites for hydroxylation is 3. The maximum atomic E-state index is 6.09. The minimum Gasteiger partial charge on any atom is -0.436 e. The maximum absolute atomic E-state index is 6.09. The van der Waals surface area contributed by atoms with Crippen molar-refractivity contribution in [3.63, 3.8) is 0 Å². The second-order valence-electron chi connectivity index (χ2n) is 4.58. The SMILES string of the molecule is CCCc1nn(C)c(Oc2ccc(C)cc2Br)c1N. The standard InChI is InChI=1S/C14H18BrN3O/c1-4-5-11-13(16)14(18(3)17-11)19-12-7-6-9(2)8-10(12)15/h6-8H,4-5,16H2,1-3H3. The fourth-order valence-corrected chi connectivity index (χ4v) is 2.49. The van der Waals surface area contributed by atoms with Crippen LogP contribution in [0.5, 0.6) is 11.6 Å². The molecule has 4 nitrogen and oxygen atoms in total. The fraction of sp³-hybridized carbons (Fsp3) is 0.357. The number of nitrogens with zero attached hydrogens (tertiary/aromatic N) is 2. The molecule has 0 spiro atoms. The first-order valence-electron chi connectivity index (χ1n) is 6.28. The highest BCUT2D eigenvalue weighted by atomic mass is 79.9. The number of anilines is 1. The number of hydrogen-bond donors (Lipinski definition) is 1. The fourth-order valence-electron chi connectivity index (χ4n) is 1.91. The van der Waals surface area contributed by atoms with Crippen LogP contribution >= 0.6 is 15.9 Å². The topological polar surface area (TPSA) is 53.1 Å².